The monoisotopic (exact) mass is 299 g/mol. The van der Waals surface area contributed by atoms with E-state index < -0.39 is 0 Å². The molecule has 21 heavy (non-hydrogen) atoms. The molecule has 0 aliphatic carbocycles. The van der Waals surface area contributed by atoms with E-state index in [0.29, 0.717) is 0 Å². The van der Waals surface area contributed by atoms with Crippen LogP contribution in [0.25, 0.3) is 21.8 Å². The van der Waals surface area contributed by atoms with Crippen molar-refractivity contribution >= 4 is 11.3 Å². The van der Waals surface area contributed by atoms with Crippen molar-refractivity contribution in [3.05, 3.63) is 59.5 Å². The van der Waals surface area contributed by atoms with Gasteiger partial charge in [0.1, 0.15) is 10.8 Å². The highest BCUT2D eigenvalue weighted by Crippen LogP contribution is 2.36. The molecule has 0 saturated carbocycles. The average molecular weight is 299 g/mol. The zero-order chi connectivity index (χ0) is 14.8. The number of benzene rings is 1. The van der Waals surface area contributed by atoms with E-state index in [4.69, 9.17) is 5.73 Å². The van der Waals surface area contributed by atoms with Gasteiger partial charge in [-0.3, -0.25) is 4.98 Å². The Kier molecular flexibility index (Phi) is 3.77. The first-order valence-corrected chi connectivity index (χ1v) is 7.39. The molecule has 106 valence electrons. The van der Waals surface area contributed by atoms with Crippen LogP contribution < -0.4 is 5.73 Å². The highest BCUT2D eigenvalue weighted by molar-refractivity contribution is 7.15. The molecule has 3 aromatic rings. The Bertz CT molecular complexity index is 736. The minimum Gasteiger partial charge on any atom is -0.323 e. The summed E-state index contributed by atoms with van der Waals surface area (Å²) in [6.45, 7) is 1.93. The standard InChI is InChI=1S/C16H14FN3S/c1-10(18)15-14(11-2-4-13(17)5-3-11)20-16(21-15)12-6-8-19-9-7-12/h2-10H,18H2,1H3. The van der Waals surface area contributed by atoms with E-state index >= 15 is 0 Å². The van der Waals surface area contributed by atoms with E-state index in [-0.39, 0.29) is 11.9 Å². The molecule has 0 spiro atoms. The number of halogens is 1. The number of aromatic nitrogens is 2. The fourth-order valence-electron chi connectivity index (χ4n) is 2.07. The van der Waals surface area contributed by atoms with Gasteiger partial charge in [0.25, 0.3) is 0 Å². The van der Waals surface area contributed by atoms with Crippen LogP contribution in [0.2, 0.25) is 0 Å². The van der Waals surface area contributed by atoms with E-state index in [1.165, 1.54) is 12.1 Å². The second-order valence-electron chi connectivity index (χ2n) is 4.76. The van der Waals surface area contributed by atoms with Crippen LogP contribution in [-0.2, 0) is 0 Å². The van der Waals surface area contributed by atoms with Gasteiger partial charge in [0.05, 0.1) is 5.69 Å². The van der Waals surface area contributed by atoms with Crippen molar-refractivity contribution in [3.63, 3.8) is 0 Å². The van der Waals surface area contributed by atoms with Crippen LogP contribution >= 0.6 is 11.3 Å². The summed E-state index contributed by atoms with van der Waals surface area (Å²) in [5, 5.41) is 0.893. The maximum atomic E-state index is 13.1. The topological polar surface area (TPSA) is 51.8 Å². The number of thiazole rings is 1. The van der Waals surface area contributed by atoms with E-state index in [2.05, 4.69) is 9.97 Å². The van der Waals surface area contributed by atoms with Gasteiger partial charge in [0, 0.05) is 34.4 Å². The molecule has 1 atom stereocenters. The number of pyridine rings is 1. The average Bonchev–Trinajstić information content (AvgIpc) is 2.94. The van der Waals surface area contributed by atoms with E-state index in [0.717, 1.165) is 26.7 Å². The molecule has 0 bridgehead atoms. The first kappa shape index (κ1) is 13.9. The number of nitrogens with zero attached hydrogens (tertiary/aromatic N) is 2. The predicted octanol–water partition coefficient (Wildman–Crippen LogP) is 4.03. The Morgan fingerprint density at radius 2 is 1.71 bits per heavy atom. The summed E-state index contributed by atoms with van der Waals surface area (Å²) in [5.41, 5.74) is 8.76. The Labute approximate surface area is 126 Å². The Balaban J connectivity index is 2.11. The summed E-state index contributed by atoms with van der Waals surface area (Å²) < 4.78 is 13.1. The van der Waals surface area contributed by atoms with E-state index in [9.17, 15) is 4.39 Å². The van der Waals surface area contributed by atoms with Gasteiger partial charge in [-0.05, 0) is 43.3 Å². The van der Waals surface area contributed by atoms with Gasteiger partial charge in [-0.25, -0.2) is 9.37 Å². The first-order chi connectivity index (χ1) is 10.1. The molecule has 0 aliphatic heterocycles. The van der Waals surface area contributed by atoms with Gasteiger partial charge >= 0.3 is 0 Å². The molecule has 1 aromatic carbocycles. The lowest BCUT2D eigenvalue weighted by Crippen LogP contribution is -2.04. The lowest BCUT2D eigenvalue weighted by molar-refractivity contribution is 0.628. The van der Waals surface area contributed by atoms with Crippen molar-refractivity contribution < 1.29 is 4.39 Å². The quantitative estimate of drug-likeness (QED) is 0.794. The molecule has 0 radical (unpaired) electrons. The third kappa shape index (κ3) is 2.84. The predicted molar refractivity (Wildman–Crippen MR) is 83.3 cm³/mol. The molecule has 2 heterocycles. The van der Waals surface area contributed by atoms with Crippen LogP contribution in [0.5, 0.6) is 0 Å². The summed E-state index contributed by atoms with van der Waals surface area (Å²) in [6, 6.07) is 10.0. The summed E-state index contributed by atoms with van der Waals surface area (Å²) in [4.78, 5) is 9.70. The lowest BCUT2D eigenvalue weighted by Gasteiger charge is -2.05. The smallest absolute Gasteiger partial charge is 0.124 e. The number of rotatable bonds is 3. The van der Waals surface area contributed by atoms with Gasteiger partial charge in [-0.2, -0.15) is 0 Å². The highest BCUT2D eigenvalue weighted by Gasteiger charge is 2.17. The summed E-state index contributed by atoms with van der Waals surface area (Å²) in [5.74, 6) is -0.259. The molecular weight excluding hydrogens is 285 g/mol. The van der Waals surface area contributed by atoms with Crippen LogP contribution in [-0.4, -0.2) is 9.97 Å². The third-order valence-electron chi connectivity index (χ3n) is 3.11. The molecule has 5 heteroatoms. The van der Waals surface area contributed by atoms with Gasteiger partial charge in [0.15, 0.2) is 0 Å². The lowest BCUT2D eigenvalue weighted by atomic mass is 10.1. The van der Waals surface area contributed by atoms with Crippen molar-refractivity contribution in [1.82, 2.24) is 9.97 Å². The molecular formula is C16H14FN3S. The minimum atomic E-state index is -0.259. The SMILES string of the molecule is CC(N)c1sc(-c2ccncc2)nc1-c1ccc(F)cc1. The molecule has 1 unspecified atom stereocenters. The van der Waals surface area contributed by atoms with E-state index in [1.807, 2.05) is 19.1 Å². The number of hydrogen-bond donors (Lipinski definition) is 1. The maximum Gasteiger partial charge on any atom is 0.124 e. The molecule has 0 aliphatic rings. The van der Waals surface area contributed by atoms with E-state index in [1.54, 1.807) is 35.9 Å². The molecule has 3 nitrogen and oxygen atoms in total. The Morgan fingerprint density at radius 3 is 2.33 bits per heavy atom. The normalized spacial score (nSPS) is 12.3. The third-order valence-corrected chi connectivity index (χ3v) is 4.42. The minimum absolute atomic E-state index is 0.127. The number of hydrogen-bond acceptors (Lipinski definition) is 4. The molecule has 0 amide bonds. The van der Waals surface area contributed by atoms with Crippen molar-refractivity contribution in [2.45, 2.75) is 13.0 Å². The molecule has 0 saturated heterocycles. The molecule has 0 fully saturated rings. The van der Waals surface area contributed by atoms with Crippen LogP contribution in [0, 0.1) is 5.82 Å². The number of nitrogens with two attached hydrogens (primary N) is 1. The zero-order valence-electron chi connectivity index (χ0n) is 11.5. The van der Waals surface area contributed by atoms with Crippen LogP contribution in [0.4, 0.5) is 4.39 Å². The van der Waals surface area contributed by atoms with Gasteiger partial charge in [0.2, 0.25) is 0 Å². The molecule has 3 rings (SSSR count). The fourth-order valence-corrected chi connectivity index (χ4v) is 3.12. The fraction of sp³-hybridized carbons (Fsp3) is 0.125. The second-order valence-corrected chi connectivity index (χ2v) is 5.79. The molecule has 2 aromatic heterocycles. The summed E-state index contributed by atoms with van der Waals surface area (Å²) in [7, 11) is 0. The Hall–Kier alpha value is -2.11. The summed E-state index contributed by atoms with van der Waals surface area (Å²) in [6.07, 6.45) is 3.47. The van der Waals surface area contributed by atoms with Crippen molar-refractivity contribution in [2.75, 3.05) is 0 Å². The Morgan fingerprint density at radius 1 is 1.05 bits per heavy atom. The maximum absolute atomic E-state index is 13.1. The van der Waals surface area contributed by atoms with Crippen LogP contribution in [0.1, 0.15) is 17.8 Å². The van der Waals surface area contributed by atoms with Gasteiger partial charge < -0.3 is 5.73 Å². The van der Waals surface area contributed by atoms with Gasteiger partial charge in [-0.1, -0.05) is 0 Å². The van der Waals surface area contributed by atoms with Gasteiger partial charge in [-0.15, -0.1) is 11.3 Å². The van der Waals surface area contributed by atoms with Crippen molar-refractivity contribution in [2.24, 2.45) is 5.73 Å². The van der Waals surface area contributed by atoms with Crippen molar-refractivity contribution in [1.29, 1.82) is 0 Å². The van der Waals surface area contributed by atoms with Crippen LogP contribution in [0.15, 0.2) is 48.8 Å². The highest BCUT2D eigenvalue weighted by atomic mass is 32.1. The first-order valence-electron chi connectivity index (χ1n) is 6.58. The second kappa shape index (κ2) is 5.71. The van der Waals surface area contributed by atoms with Crippen LogP contribution in [0.3, 0.4) is 0 Å². The largest absolute Gasteiger partial charge is 0.323 e. The van der Waals surface area contributed by atoms with Crippen molar-refractivity contribution in [3.8, 4) is 21.8 Å². The summed E-state index contributed by atoms with van der Waals surface area (Å²) >= 11 is 1.56. The zero-order valence-corrected chi connectivity index (χ0v) is 12.3. The molecule has 2 N–H and O–H groups in total.